The van der Waals surface area contributed by atoms with Crippen LogP contribution in [-0.2, 0) is 7.05 Å². The molecule has 0 amide bonds. The number of nitrogens with zero attached hydrogens (tertiary/aromatic N) is 3. The van der Waals surface area contributed by atoms with Crippen LogP contribution in [0.5, 0.6) is 0 Å². The second-order valence-corrected chi connectivity index (χ2v) is 4.92. The van der Waals surface area contributed by atoms with Gasteiger partial charge in [0, 0.05) is 31.7 Å². The second-order valence-electron chi connectivity index (χ2n) is 3.37. The van der Waals surface area contributed by atoms with Crippen LogP contribution in [0, 0.1) is 13.8 Å². The van der Waals surface area contributed by atoms with Crippen LogP contribution >= 0.6 is 23.6 Å². The van der Waals surface area contributed by atoms with E-state index in [9.17, 15) is 0 Å². The molecule has 1 aromatic rings. The van der Waals surface area contributed by atoms with Gasteiger partial charge in [0.15, 0.2) is 9.91 Å². The van der Waals surface area contributed by atoms with E-state index in [0.29, 0.717) is 5.11 Å². The largest absolute Gasteiger partial charge is 0.353 e. The lowest BCUT2D eigenvalue weighted by molar-refractivity contribution is 0.625. The standard InChI is InChI=1S/C9H15N3S2/c1-6-7(2)14-9(12(6)5)10-8(13)11(3)4/h1-5H3. The van der Waals surface area contributed by atoms with Crippen molar-refractivity contribution in [3.05, 3.63) is 15.4 Å². The first-order valence-electron chi connectivity index (χ1n) is 4.32. The van der Waals surface area contributed by atoms with Gasteiger partial charge in [-0.15, -0.1) is 11.3 Å². The van der Waals surface area contributed by atoms with Gasteiger partial charge in [0.05, 0.1) is 0 Å². The van der Waals surface area contributed by atoms with Crippen LogP contribution in [0.15, 0.2) is 4.99 Å². The Kier molecular flexibility index (Phi) is 3.44. The molecule has 5 heteroatoms. The highest BCUT2D eigenvalue weighted by atomic mass is 32.1. The summed E-state index contributed by atoms with van der Waals surface area (Å²) >= 11 is 6.79. The first kappa shape index (κ1) is 11.4. The second kappa shape index (κ2) is 4.23. The zero-order chi connectivity index (χ0) is 10.9. The molecule has 0 unspecified atom stereocenters. The van der Waals surface area contributed by atoms with Crippen LogP contribution in [0.3, 0.4) is 0 Å². The third kappa shape index (κ3) is 2.22. The molecule has 14 heavy (non-hydrogen) atoms. The summed E-state index contributed by atoms with van der Waals surface area (Å²) in [5.41, 5.74) is 1.25. The smallest absolute Gasteiger partial charge is 0.197 e. The quantitative estimate of drug-likeness (QED) is 0.628. The molecular formula is C9H15N3S2. The molecule has 0 aliphatic carbocycles. The normalized spacial score (nSPS) is 11.9. The summed E-state index contributed by atoms with van der Waals surface area (Å²) in [4.78, 5) is 8.45. The number of aryl methyl sites for hydroxylation is 1. The van der Waals surface area contributed by atoms with Crippen LogP contribution < -0.4 is 4.80 Å². The maximum absolute atomic E-state index is 5.12. The number of rotatable bonds is 0. The molecule has 0 saturated carbocycles. The van der Waals surface area contributed by atoms with E-state index in [2.05, 4.69) is 23.4 Å². The zero-order valence-electron chi connectivity index (χ0n) is 9.16. The molecule has 0 aromatic carbocycles. The minimum atomic E-state index is 0.613. The fourth-order valence-corrected chi connectivity index (χ4v) is 2.05. The molecule has 0 spiro atoms. The Morgan fingerprint density at radius 2 is 2.00 bits per heavy atom. The van der Waals surface area contributed by atoms with Crippen molar-refractivity contribution >= 4 is 28.7 Å². The van der Waals surface area contributed by atoms with Gasteiger partial charge in [-0.05, 0) is 26.1 Å². The Hall–Kier alpha value is -0.680. The lowest BCUT2D eigenvalue weighted by Crippen LogP contribution is -2.22. The number of hydrogen-bond donors (Lipinski definition) is 0. The fourth-order valence-electron chi connectivity index (χ4n) is 0.939. The van der Waals surface area contributed by atoms with Crippen molar-refractivity contribution in [3.63, 3.8) is 0 Å². The van der Waals surface area contributed by atoms with Crippen molar-refractivity contribution in [3.8, 4) is 0 Å². The van der Waals surface area contributed by atoms with Gasteiger partial charge in [0.25, 0.3) is 0 Å². The minimum absolute atomic E-state index is 0.613. The summed E-state index contributed by atoms with van der Waals surface area (Å²) < 4.78 is 2.07. The minimum Gasteiger partial charge on any atom is -0.353 e. The van der Waals surface area contributed by atoms with Gasteiger partial charge in [-0.1, -0.05) is 0 Å². The fraction of sp³-hybridized carbons (Fsp3) is 0.556. The van der Waals surface area contributed by atoms with Gasteiger partial charge in [0.1, 0.15) is 0 Å². The maximum atomic E-state index is 5.12. The molecule has 1 rings (SSSR count). The van der Waals surface area contributed by atoms with Crippen molar-refractivity contribution in [2.75, 3.05) is 14.1 Å². The molecule has 0 aliphatic heterocycles. The third-order valence-electron chi connectivity index (χ3n) is 2.12. The molecule has 78 valence electrons. The first-order chi connectivity index (χ1) is 6.43. The Labute approximate surface area is 93.7 Å². The molecule has 0 saturated heterocycles. The van der Waals surface area contributed by atoms with Crippen LogP contribution in [0.1, 0.15) is 10.6 Å². The Morgan fingerprint density at radius 3 is 2.36 bits per heavy atom. The summed E-state index contributed by atoms with van der Waals surface area (Å²) in [5.74, 6) is 0. The molecule has 0 aliphatic rings. The highest BCUT2D eigenvalue weighted by molar-refractivity contribution is 7.80. The summed E-state index contributed by atoms with van der Waals surface area (Å²) in [6, 6.07) is 0. The van der Waals surface area contributed by atoms with Crippen molar-refractivity contribution in [2.24, 2.45) is 12.0 Å². The van der Waals surface area contributed by atoms with E-state index >= 15 is 0 Å². The molecular weight excluding hydrogens is 214 g/mol. The molecule has 1 heterocycles. The lowest BCUT2D eigenvalue weighted by atomic mass is 10.4. The predicted molar refractivity (Wildman–Crippen MR) is 64.6 cm³/mol. The van der Waals surface area contributed by atoms with Crippen molar-refractivity contribution in [2.45, 2.75) is 13.8 Å². The van der Waals surface area contributed by atoms with Crippen LogP contribution in [-0.4, -0.2) is 28.7 Å². The Bertz CT molecular complexity index is 412. The average molecular weight is 229 g/mol. The Morgan fingerprint density at radius 1 is 1.43 bits per heavy atom. The van der Waals surface area contributed by atoms with Crippen LogP contribution in [0.25, 0.3) is 0 Å². The van der Waals surface area contributed by atoms with E-state index in [1.807, 2.05) is 26.0 Å². The van der Waals surface area contributed by atoms with Gasteiger partial charge in [-0.25, -0.2) is 0 Å². The summed E-state index contributed by atoms with van der Waals surface area (Å²) in [5, 5.41) is 0.613. The van der Waals surface area contributed by atoms with Gasteiger partial charge >= 0.3 is 0 Å². The lowest BCUT2D eigenvalue weighted by Gasteiger charge is -2.07. The summed E-state index contributed by atoms with van der Waals surface area (Å²) in [7, 11) is 5.81. The zero-order valence-corrected chi connectivity index (χ0v) is 10.8. The van der Waals surface area contributed by atoms with Gasteiger partial charge in [-0.2, -0.15) is 4.99 Å². The molecule has 0 fully saturated rings. The van der Waals surface area contributed by atoms with E-state index in [-0.39, 0.29) is 0 Å². The van der Waals surface area contributed by atoms with Gasteiger partial charge in [0.2, 0.25) is 0 Å². The van der Waals surface area contributed by atoms with Crippen molar-refractivity contribution < 1.29 is 0 Å². The van der Waals surface area contributed by atoms with E-state index in [0.717, 1.165) is 4.80 Å². The van der Waals surface area contributed by atoms with Gasteiger partial charge < -0.3 is 9.47 Å². The Balaban J connectivity index is 3.20. The number of hydrogen-bond acceptors (Lipinski definition) is 2. The highest BCUT2D eigenvalue weighted by Crippen LogP contribution is 2.07. The number of thiazole rings is 1. The highest BCUT2D eigenvalue weighted by Gasteiger charge is 2.03. The molecule has 3 nitrogen and oxygen atoms in total. The average Bonchev–Trinajstić information content (AvgIpc) is 2.33. The maximum Gasteiger partial charge on any atom is 0.197 e. The van der Waals surface area contributed by atoms with E-state index in [4.69, 9.17) is 12.2 Å². The van der Waals surface area contributed by atoms with E-state index < -0.39 is 0 Å². The van der Waals surface area contributed by atoms with Crippen molar-refractivity contribution in [1.82, 2.24) is 9.47 Å². The van der Waals surface area contributed by atoms with Gasteiger partial charge in [-0.3, -0.25) is 0 Å². The van der Waals surface area contributed by atoms with E-state index in [1.165, 1.54) is 10.6 Å². The SMILES string of the molecule is Cc1sc(=NC(=S)N(C)C)n(C)c1C. The molecule has 0 atom stereocenters. The monoisotopic (exact) mass is 229 g/mol. The topological polar surface area (TPSA) is 20.5 Å². The van der Waals surface area contributed by atoms with Crippen molar-refractivity contribution in [1.29, 1.82) is 0 Å². The summed E-state index contributed by atoms with van der Waals surface area (Å²) in [6.45, 7) is 4.18. The van der Waals surface area contributed by atoms with Crippen LogP contribution in [0.2, 0.25) is 0 Å². The number of aromatic nitrogens is 1. The van der Waals surface area contributed by atoms with E-state index in [1.54, 1.807) is 11.3 Å². The predicted octanol–water partition coefficient (Wildman–Crippen LogP) is 1.45. The first-order valence-corrected chi connectivity index (χ1v) is 5.55. The molecule has 0 N–H and O–H groups in total. The summed E-state index contributed by atoms with van der Waals surface area (Å²) in [6.07, 6.45) is 0. The molecule has 1 aromatic heterocycles. The molecule has 0 radical (unpaired) electrons. The van der Waals surface area contributed by atoms with Crippen LogP contribution in [0.4, 0.5) is 0 Å². The third-order valence-corrected chi connectivity index (χ3v) is 3.72. The molecule has 0 bridgehead atoms. The number of thiocarbonyl (C=S) groups is 1.